The molecule has 3 N–H and O–H groups in total. The summed E-state index contributed by atoms with van der Waals surface area (Å²) in [5.74, 6) is 6.39. The zero-order valence-electron chi connectivity index (χ0n) is 10.8. The van der Waals surface area contributed by atoms with Crippen LogP contribution in [0.3, 0.4) is 0 Å². The number of furan rings is 1. The summed E-state index contributed by atoms with van der Waals surface area (Å²) in [5, 5.41) is 4.56. The zero-order chi connectivity index (χ0) is 13.0. The molecule has 2 atom stereocenters. The number of rotatable bonds is 6. The first-order valence-electron chi connectivity index (χ1n) is 6.28. The molecule has 2 unspecified atom stereocenters. The summed E-state index contributed by atoms with van der Waals surface area (Å²) in [7, 11) is 0. The SMILES string of the molecule is CCC(C)n1ccc(CC(NN)c2ccco2)n1. The summed E-state index contributed by atoms with van der Waals surface area (Å²) >= 11 is 0. The van der Waals surface area contributed by atoms with Crippen LogP contribution in [-0.4, -0.2) is 9.78 Å². The molecule has 2 rings (SSSR count). The Bertz CT molecular complexity index is 463. The van der Waals surface area contributed by atoms with Gasteiger partial charge in [-0.25, -0.2) is 5.43 Å². The molecule has 0 fully saturated rings. The van der Waals surface area contributed by atoms with Crippen LogP contribution in [0.4, 0.5) is 0 Å². The highest BCUT2D eigenvalue weighted by Gasteiger charge is 2.15. The molecule has 0 radical (unpaired) electrons. The molecule has 98 valence electrons. The molecule has 2 aromatic heterocycles. The van der Waals surface area contributed by atoms with Gasteiger partial charge < -0.3 is 4.42 Å². The van der Waals surface area contributed by atoms with Gasteiger partial charge in [0.2, 0.25) is 0 Å². The van der Waals surface area contributed by atoms with Crippen LogP contribution in [0.1, 0.15) is 43.8 Å². The van der Waals surface area contributed by atoms with E-state index in [1.807, 2.05) is 29.1 Å². The number of nitrogens with one attached hydrogen (secondary N) is 1. The molecule has 0 amide bonds. The molecule has 2 heterocycles. The van der Waals surface area contributed by atoms with E-state index in [-0.39, 0.29) is 6.04 Å². The van der Waals surface area contributed by atoms with Gasteiger partial charge in [0.15, 0.2) is 0 Å². The Morgan fingerprint density at radius 3 is 2.94 bits per heavy atom. The molecule has 0 saturated carbocycles. The summed E-state index contributed by atoms with van der Waals surface area (Å²) in [5.41, 5.74) is 3.77. The van der Waals surface area contributed by atoms with Crippen LogP contribution < -0.4 is 11.3 Å². The third-order valence-electron chi connectivity index (χ3n) is 3.21. The maximum absolute atomic E-state index is 5.56. The first-order valence-corrected chi connectivity index (χ1v) is 6.28. The van der Waals surface area contributed by atoms with Crippen LogP contribution in [0.5, 0.6) is 0 Å². The van der Waals surface area contributed by atoms with E-state index in [1.165, 1.54) is 0 Å². The molecule has 0 bridgehead atoms. The van der Waals surface area contributed by atoms with Crippen LogP contribution in [0.25, 0.3) is 0 Å². The number of hydrogen-bond acceptors (Lipinski definition) is 4. The average Bonchev–Trinajstić information content (AvgIpc) is 3.05. The Morgan fingerprint density at radius 1 is 1.50 bits per heavy atom. The van der Waals surface area contributed by atoms with Gasteiger partial charge in [-0.05, 0) is 31.5 Å². The Hall–Kier alpha value is -1.59. The monoisotopic (exact) mass is 248 g/mol. The first kappa shape index (κ1) is 12.9. The maximum atomic E-state index is 5.56. The fourth-order valence-corrected chi connectivity index (χ4v) is 1.86. The predicted molar refractivity (Wildman–Crippen MR) is 69.7 cm³/mol. The second-order valence-electron chi connectivity index (χ2n) is 4.48. The van der Waals surface area contributed by atoms with Crippen LogP contribution in [0, 0.1) is 0 Å². The lowest BCUT2D eigenvalue weighted by Gasteiger charge is -2.12. The van der Waals surface area contributed by atoms with Gasteiger partial charge in [-0.2, -0.15) is 5.10 Å². The first-order chi connectivity index (χ1) is 8.74. The number of aromatic nitrogens is 2. The van der Waals surface area contributed by atoms with Crippen molar-refractivity contribution in [3.63, 3.8) is 0 Å². The van der Waals surface area contributed by atoms with Crippen LogP contribution in [-0.2, 0) is 6.42 Å². The molecule has 18 heavy (non-hydrogen) atoms. The lowest BCUT2D eigenvalue weighted by molar-refractivity contribution is 0.409. The Labute approximate surface area is 107 Å². The topological polar surface area (TPSA) is 69.0 Å². The molecular weight excluding hydrogens is 228 g/mol. The van der Waals surface area contributed by atoms with Crippen molar-refractivity contribution in [2.24, 2.45) is 5.84 Å². The summed E-state index contributed by atoms with van der Waals surface area (Å²) in [6, 6.07) is 6.18. The van der Waals surface area contributed by atoms with Crippen molar-refractivity contribution in [1.82, 2.24) is 15.2 Å². The zero-order valence-corrected chi connectivity index (χ0v) is 10.8. The summed E-state index contributed by atoms with van der Waals surface area (Å²) in [6.07, 6.45) is 5.45. The second-order valence-corrected chi connectivity index (χ2v) is 4.48. The number of nitrogens with zero attached hydrogens (tertiary/aromatic N) is 2. The molecule has 5 nitrogen and oxygen atoms in total. The van der Waals surface area contributed by atoms with Crippen LogP contribution in [0.2, 0.25) is 0 Å². The average molecular weight is 248 g/mol. The normalized spacial score (nSPS) is 14.6. The fourth-order valence-electron chi connectivity index (χ4n) is 1.86. The number of nitrogens with two attached hydrogens (primary N) is 1. The smallest absolute Gasteiger partial charge is 0.122 e. The molecule has 0 aromatic carbocycles. The van der Waals surface area contributed by atoms with Gasteiger partial charge in [0, 0.05) is 18.7 Å². The van der Waals surface area contributed by atoms with Gasteiger partial charge in [-0.15, -0.1) is 0 Å². The third-order valence-corrected chi connectivity index (χ3v) is 3.21. The Kier molecular flexibility index (Phi) is 4.17. The molecule has 0 saturated heterocycles. The van der Waals surface area contributed by atoms with Gasteiger partial charge in [0.05, 0.1) is 18.0 Å². The van der Waals surface area contributed by atoms with Crippen molar-refractivity contribution >= 4 is 0 Å². The van der Waals surface area contributed by atoms with Crippen molar-refractivity contribution < 1.29 is 4.42 Å². The number of hydrazine groups is 1. The largest absolute Gasteiger partial charge is 0.468 e. The Morgan fingerprint density at radius 2 is 2.33 bits per heavy atom. The van der Waals surface area contributed by atoms with Crippen molar-refractivity contribution in [3.05, 3.63) is 42.1 Å². The highest BCUT2D eigenvalue weighted by molar-refractivity contribution is 5.10. The van der Waals surface area contributed by atoms with Gasteiger partial charge in [-0.3, -0.25) is 10.5 Å². The maximum Gasteiger partial charge on any atom is 0.122 e. The summed E-state index contributed by atoms with van der Waals surface area (Å²) < 4.78 is 7.35. The third kappa shape index (κ3) is 2.80. The van der Waals surface area contributed by atoms with Gasteiger partial charge in [0.25, 0.3) is 0 Å². The van der Waals surface area contributed by atoms with E-state index in [2.05, 4.69) is 24.4 Å². The Balaban J connectivity index is 2.06. The van der Waals surface area contributed by atoms with E-state index in [1.54, 1.807) is 6.26 Å². The van der Waals surface area contributed by atoms with Gasteiger partial charge in [0.1, 0.15) is 5.76 Å². The van der Waals surface area contributed by atoms with E-state index in [9.17, 15) is 0 Å². The lowest BCUT2D eigenvalue weighted by atomic mass is 10.1. The van der Waals surface area contributed by atoms with E-state index in [4.69, 9.17) is 10.3 Å². The molecule has 5 heteroatoms. The fraction of sp³-hybridized carbons (Fsp3) is 0.462. The van der Waals surface area contributed by atoms with Crippen LogP contribution in [0.15, 0.2) is 35.1 Å². The van der Waals surface area contributed by atoms with E-state index in [0.717, 1.165) is 17.9 Å². The van der Waals surface area contributed by atoms with E-state index >= 15 is 0 Å². The second kappa shape index (κ2) is 5.84. The molecule has 0 aliphatic rings. The van der Waals surface area contributed by atoms with E-state index < -0.39 is 0 Å². The van der Waals surface area contributed by atoms with Crippen molar-refractivity contribution in [3.8, 4) is 0 Å². The van der Waals surface area contributed by atoms with Crippen molar-refractivity contribution in [1.29, 1.82) is 0 Å². The molecular formula is C13H20N4O. The summed E-state index contributed by atoms with van der Waals surface area (Å²) in [4.78, 5) is 0. The van der Waals surface area contributed by atoms with Gasteiger partial charge >= 0.3 is 0 Å². The quantitative estimate of drug-likeness (QED) is 0.607. The lowest BCUT2D eigenvalue weighted by Crippen LogP contribution is -2.29. The highest BCUT2D eigenvalue weighted by atomic mass is 16.3. The molecule has 0 aliphatic carbocycles. The molecule has 0 aliphatic heterocycles. The minimum atomic E-state index is -0.0414. The minimum Gasteiger partial charge on any atom is -0.468 e. The predicted octanol–water partition coefficient (Wildman–Crippen LogP) is 2.19. The minimum absolute atomic E-state index is 0.0414. The number of hydrogen-bond donors (Lipinski definition) is 2. The van der Waals surface area contributed by atoms with Crippen molar-refractivity contribution in [2.75, 3.05) is 0 Å². The molecule has 2 aromatic rings. The van der Waals surface area contributed by atoms with E-state index in [0.29, 0.717) is 12.5 Å². The van der Waals surface area contributed by atoms with Gasteiger partial charge in [-0.1, -0.05) is 6.92 Å². The standard InChI is InChI=1S/C13H20N4O/c1-3-10(2)17-7-6-11(16-17)9-12(15-14)13-5-4-8-18-13/h4-8,10,12,15H,3,9,14H2,1-2H3. The van der Waals surface area contributed by atoms with Crippen molar-refractivity contribution in [2.45, 2.75) is 38.8 Å². The summed E-state index contributed by atoms with van der Waals surface area (Å²) in [6.45, 7) is 4.31. The molecule has 0 spiro atoms. The van der Waals surface area contributed by atoms with Crippen LogP contribution >= 0.6 is 0 Å². The highest BCUT2D eigenvalue weighted by Crippen LogP contribution is 2.18.